The fraction of sp³-hybridized carbons (Fsp3) is 0.250. The number of H-pyrrole nitrogens is 1. The van der Waals surface area contributed by atoms with Crippen LogP contribution in [0.1, 0.15) is 12.5 Å². The molecule has 0 radical (unpaired) electrons. The lowest BCUT2D eigenvalue weighted by Crippen LogP contribution is -2.30. The summed E-state index contributed by atoms with van der Waals surface area (Å²) in [7, 11) is -3.60. The lowest BCUT2D eigenvalue weighted by Gasteiger charge is -2.19. The Kier molecular flexibility index (Phi) is 3.96. The fourth-order valence-corrected chi connectivity index (χ4v) is 3.08. The first-order chi connectivity index (χ1) is 9.04. The number of nitrogens with zero attached hydrogens (tertiary/aromatic N) is 2. The van der Waals surface area contributed by atoms with E-state index in [2.05, 4.69) is 10.2 Å². The molecule has 0 aliphatic carbocycles. The number of aromatic nitrogens is 2. The number of benzene rings is 1. The summed E-state index contributed by atoms with van der Waals surface area (Å²) in [6.45, 7) is 2.16. The van der Waals surface area contributed by atoms with E-state index in [4.69, 9.17) is 0 Å². The van der Waals surface area contributed by atoms with Crippen LogP contribution in [0.5, 0.6) is 0 Å². The van der Waals surface area contributed by atoms with Gasteiger partial charge in [0.15, 0.2) is 0 Å². The van der Waals surface area contributed by atoms with Gasteiger partial charge in [-0.3, -0.25) is 5.10 Å². The molecule has 1 heterocycles. The minimum Gasteiger partial charge on any atom is -0.284 e. The molecule has 0 unspecified atom stereocenters. The zero-order valence-electron chi connectivity index (χ0n) is 10.4. The first-order valence-electron chi connectivity index (χ1n) is 5.77. The first-order valence-corrected chi connectivity index (χ1v) is 7.21. The average Bonchev–Trinajstić information content (AvgIpc) is 2.90. The van der Waals surface area contributed by atoms with Gasteiger partial charge in [0.2, 0.25) is 10.0 Å². The van der Waals surface area contributed by atoms with E-state index in [1.54, 1.807) is 19.1 Å². The van der Waals surface area contributed by atoms with Gasteiger partial charge in [0.05, 0.1) is 6.20 Å². The van der Waals surface area contributed by atoms with Crippen molar-refractivity contribution in [1.29, 1.82) is 0 Å². The van der Waals surface area contributed by atoms with Gasteiger partial charge in [-0.25, -0.2) is 12.8 Å². The molecule has 0 bridgehead atoms. The van der Waals surface area contributed by atoms with Gasteiger partial charge in [0.1, 0.15) is 10.7 Å². The van der Waals surface area contributed by atoms with E-state index in [1.807, 2.05) is 0 Å². The Labute approximate surface area is 111 Å². The minimum atomic E-state index is -3.60. The van der Waals surface area contributed by atoms with Crippen LogP contribution in [0, 0.1) is 5.82 Å². The van der Waals surface area contributed by atoms with Crippen molar-refractivity contribution in [3.05, 3.63) is 48.0 Å². The zero-order chi connectivity index (χ0) is 13.9. The van der Waals surface area contributed by atoms with Crippen molar-refractivity contribution in [3.63, 3.8) is 0 Å². The molecule has 2 aromatic rings. The smallest absolute Gasteiger partial charge is 0.246 e. The molecular weight excluding hydrogens is 269 g/mol. The van der Waals surface area contributed by atoms with E-state index >= 15 is 0 Å². The number of aromatic amines is 1. The minimum absolute atomic E-state index is 0.103. The van der Waals surface area contributed by atoms with Gasteiger partial charge in [0, 0.05) is 19.3 Å². The Morgan fingerprint density at radius 2 is 2.21 bits per heavy atom. The number of sulfonamides is 1. The number of halogens is 1. The van der Waals surface area contributed by atoms with Gasteiger partial charge < -0.3 is 0 Å². The van der Waals surface area contributed by atoms with Gasteiger partial charge in [-0.2, -0.15) is 9.40 Å². The average molecular weight is 283 g/mol. The van der Waals surface area contributed by atoms with Crippen molar-refractivity contribution in [2.75, 3.05) is 6.54 Å². The maximum absolute atomic E-state index is 13.1. The lowest BCUT2D eigenvalue weighted by molar-refractivity contribution is 0.422. The van der Waals surface area contributed by atoms with Crippen LogP contribution in [0.3, 0.4) is 0 Å². The number of rotatable bonds is 5. The SMILES string of the molecule is CCN(Cc1cccc(F)c1)S(=O)(=O)c1cn[nH]c1. The van der Waals surface area contributed by atoms with Crippen LogP contribution in [-0.4, -0.2) is 29.5 Å². The molecule has 19 heavy (non-hydrogen) atoms. The molecule has 1 N–H and O–H groups in total. The summed E-state index contributed by atoms with van der Waals surface area (Å²) in [4.78, 5) is 0.103. The molecule has 7 heteroatoms. The van der Waals surface area contributed by atoms with Crippen molar-refractivity contribution in [2.24, 2.45) is 0 Å². The van der Waals surface area contributed by atoms with Gasteiger partial charge in [-0.1, -0.05) is 19.1 Å². The molecular formula is C12H14FN3O2S. The Morgan fingerprint density at radius 3 is 2.79 bits per heavy atom. The van der Waals surface area contributed by atoms with Crippen LogP contribution < -0.4 is 0 Å². The standard InChI is InChI=1S/C12H14FN3O2S/c1-2-16(9-10-4-3-5-11(13)6-10)19(17,18)12-7-14-15-8-12/h3-8H,2,9H2,1H3,(H,14,15). The van der Waals surface area contributed by atoms with Crippen LogP contribution in [0.2, 0.25) is 0 Å². The van der Waals surface area contributed by atoms with Crippen LogP contribution in [-0.2, 0) is 16.6 Å². The molecule has 5 nitrogen and oxygen atoms in total. The van der Waals surface area contributed by atoms with E-state index in [0.29, 0.717) is 12.1 Å². The van der Waals surface area contributed by atoms with Gasteiger partial charge in [-0.15, -0.1) is 0 Å². The summed E-state index contributed by atoms with van der Waals surface area (Å²) in [6.07, 6.45) is 2.58. The first kappa shape index (κ1) is 13.7. The zero-order valence-corrected chi connectivity index (χ0v) is 11.2. The second-order valence-corrected chi connectivity index (χ2v) is 5.93. The van der Waals surface area contributed by atoms with Crippen molar-refractivity contribution in [1.82, 2.24) is 14.5 Å². The molecule has 0 spiro atoms. The predicted molar refractivity (Wildman–Crippen MR) is 68.3 cm³/mol. The fourth-order valence-electron chi connectivity index (χ4n) is 1.73. The van der Waals surface area contributed by atoms with Gasteiger partial charge in [-0.05, 0) is 17.7 Å². The summed E-state index contributed by atoms with van der Waals surface area (Å²) in [5, 5.41) is 6.11. The lowest BCUT2D eigenvalue weighted by atomic mass is 10.2. The topological polar surface area (TPSA) is 66.1 Å². The molecule has 1 aromatic carbocycles. The second kappa shape index (κ2) is 5.50. The summed E-state index contributed by atoms with van der Waals surface area (Å²) >= 11 is 0. The van der Waals surface area contributed by atoms with E-state index in [1.165, 1.54) is 28.8 Å². The van der Waals surface area contributed by atoms with Crippen LogP contribution in [0.15, 0.2) is 41.6 Å². The Morgan fingerprint density at radius 1 is 1.42 bits per heavy atom. The predicted octanol–water partition coefficient (Wildman–Crippen LogP) is 1.76. The second-order valence-electron chi connectivity index (χ2n) is 4.00. The summed E-state index contributed by atoms with van der Waals surface area (Å²) < 4.78 is 39.0. The molecule has 0 atom stereocenters. The van der Waals surface area contributed by atoms with Crippen LogP contribution in [0.25, 0.3) is 0 Å². The molecule has 0 amide bonds. The van der Waals surface area contributed by atoms with E-state index < -0.39 is 10.0 Å². The number of hydrogen-bond donors (Lipinski definition) is 1. The summed E-state index contributed by atoms with van der Waals surface area (Å²) in [6, 6.07) is 5.90. The van der Waals surface area contributed by atoms with Gasteiger partial charge >= 0.3 is 0 Å². The summed E-state index contributed by atoms with van der Waals surface area (Å²) in [5.41, 5.74) is 0.605. The van der Waals surface area contributed by atoms with Crippen LogP contribution >= 0.6 is 0 Å². The molecule has 1 aromatic heterocycles. The molecule has 2 rings (SSSR count). The van der Waals surface area contributed by atoms with Crippen molar-refractivity contribution in [2.45, 2.75) is 18.4 Å². The van der Waals surface area contributed by atoms with E-state index in [-0.39, 0.29) is 17.3 Å². The normalized spacial score (nSPS) is 11.9. The third-order valence-corrected chi connectivity index (χ3v) is 4.60. The third-order valence-electron chi connectivity index (χ3n) is 2.71. The molecule has 0 saturated heterocycles. The molecule has 0 fully saturated rings. The highest BCUT2D eigenvalue weighted by Gasteiger charge is 2.24. The van der Waals surface area contributed by atoms with Crippen molar-refractivity contribution >= 4 is 10.0 Å². The number of nitrogens with one attached hydrogen (secondary N) is 1. The maximum Gasteiger partial charge on any atom is 0.246 e. The van der Waals surface area contributed by atoms with Crippen molar-refractivity contribution < 1.29 is 12.8 Å². The molecule has 0 saturated carbocycles. The molecule has 102 valence electrons. The largest absolute Gasteiger partial charge is 0.284 e. The Bertz CT molecular complexity index is 641. The highest BCUT2D eigenvalue weighted by atomic mass is 32.2. The number of hydrogen-bond acceptors (Lipinski definition) is 3. The highest BCUT2D eigenvalue weighted by molar-refractivity contribution is 7.89. The third kappa shape index (κ3) is 2.99. The quantitative estimate of drug-likeness (QED) is 0.909. The van der Waals surface area contributed by atoms with Gasteiger partial charge in [0.25, 0.3) is 0 Å². The Balaban J connectivity index is 2.26. The van der Waals surface area contributed by atoms with E-state index in [0.717, 1.165) is 0 Å². The van der Waals surface area contributed by atoms with Crippen molar-refractivity contribution in [3.8, 4) is 0 Å². The molecule has 0 aliphatic rings. The monoisotopic (exact) mass is 283 g/mol. The Hall–Kier alpha value is -1.73. The van der Waals surface area contributed by atoms with E-state index in [9.17, 15) is 12.8 Å². The summed E-state index contributed by atoms with van der Waals surface area (Å²) in [5.74, 6) is -0.380. The van der Waals surface area contributed by atoms with Crippen LogP contribution in [0.4, 0.5) is 4.39 Å². The molecule has 0 aliphatic heterocycles. The maximum atomic E-state index is 13.1. The highest BCUT2D eigenvalue weighted by Crippen LogP contribution is 2.17.